The maximum absolute atomic E-state index is 13.5. The van der Waals surface area contributed by atoms with E-state index in [-0.39, 0.29) is 23.4 Å². The molecule has 1 aliphatic heterocycles. The first-order valence-electron chi connectivity index (χ1n) is 7.19. The number of phenols is 2. The van der Waals surface area contributed by atoms with Crippen molar-refractivity contribution in [3.63, 3.8) is 0 Å². The molecule has 0 saturated carbocycles. The van der Waals surface area contributed by atoms with E-state index in [1.807, 2.05) is 0 Å². The second-order valence-electron chi connectivity index (χ2n) is 5.59. The van der Waals surface area contributed by atoms with Crippen LogP contribution in [-0.4, -0.2) is 21.7 Å². The zero-order valence-electron chi connectivity index (χ0n) is 11.7. The highest BCUT2D eigenvalue weighted by molar-refractivity contribution is 5.85. The van der Waals surface area contributed by atoms with Gasteiger partial charge in [0.05, 0.1) is 6.04 Å². The maximum atomic E-state index is 13.5. The number of hydrogen-bond donors (Lipinski definition) is 4. The van der Waals surface area contributed by atoms with Crippen LogP contribution in [0.4, 0.5) is 4.39 Å². The van der Waals surface area contributed by atoms with Gasteiger partial charge in [0.15, 0.2) is 0 Å². The fourth-order valence-corrected chi connectivity index (χ4v) is 3.24. The number of H-pyrrole nitrogens is 1. The van der Waals surface area contributed by atoms with Crippen molar-refractivity contribution in [2.75, 3.05) is 6.54 Å². The van der Waals surface area contributed by atoms with Crippen LogP contribution >= 0.6 is 0 Å². The summed E-state index contributed by atoms with van der Waals surface area (Å²) in [6.45, 7) is 0.718. The van der Waals surface area contributed by atoms with Gasteiger partial charge >= 0.3 is 0 Å². The van der Waals surface area contributed by atoms with Gasteiger partial charge in [0.2, 0.25) is 0 Å². The van der Waals surface area contributed by atoms with E-state index < -0.39 is 0 Å². The molecule has 2 heterocycles. The third-order valence-electron chi connectivity index (χ3n) is 4.24. The van der Waals surface area contributed by atoms with E-state index in [1.54, 1.807) is 12.1 Å². The summed E-state index contributed by atoms with van der Waals surface area (Å²) in [7, 11) is 0. The van der Waals surface area contributed by atoms with Crippen molar-refractivity contribution in [2.45, 2.75) is 12.5 Å². The first-order valence-corrected chi connectivity index (χ1v) is 7.19. The monoisotopic (exact) mass is 298 g/mol. The van der Waals surface area contributed by atoms with E-state index in [0.717, 1.165) is 35.1 Å². The predicted octanol–water partition coefficient (Wildman–Crippen LogP) is 2.95. The summed E-state index contributed by atoms with van der Waals surface area (Å²) in [5.74, 6) is -0.0403. The molecule has 0 aliphatic carbocycles. The van der Waals surface area contributed by atoms with Crippen molar-refractivity contribution in [3.05, 3.63) is 59.0 Å². The van der Waals surface area contributed by atoms with Gasteiger partial charge in [-0.1, -0.05) is 0 Å². The quantitative estimate of drug-likeness (QED) is 0.522. The molecular weight excluding hydrogens is 283 g/mol. The molecule has 2 aromatic carbocycles. The number of halogens is 1. The van der Waals surface area contributed by atoms with Crippen LogP contribution in [0.1, 0.15) is 22.9 Å². The zero-order chi connectivity index (χ0) is 15.3. The van der Waals surface area contributed by atoms with Crippen LogP contribution in [-0.2, 0) is 6.42 Å². The van der Waals surface area contributed by atoms with Crippen LogP contribution in [0, 0.1) is 5.82 Å². The van der Waals surface area contributed by atoms with E-state index in [2.05, 4.69) is 10.3 Å². The number of fused-ring (bicyclic) bond motifs is 3. The lowest BCUT2D eigenvalue weighted by molar-refractivity contribution is 0.441. The Bertz CT molecular complexity index is 872. The Balaban J connectivity index is 1.92. The van der Waals surface area contributed by atoms with Crippen molar-refractivity contribution >= 4 is 10.9 Å². The Hall–Kier alpha value is -2.53. The molecule has 0 fully saturated rings. The minimum atomic E-state index is -0.260. The number of aromatic nitrogens is 1. The topological polar surface area (TPSA) is 68.3 Å². The van der Waals surface area contributed by atoms with Gasteiger partial charge in [-0.15, -0.1) is 0 Å². The summed E-state index contributed by atoms with van der Waals surface area (Å²) in [5.41, 5.74) is 3.45. The lowest BCUT2D eigenvalue weighted by atomic mass is 9.93. The minimum Gasteiger partial charge on any atom is -0.508 e. The molecule has 1 aliphatic rings. The van der Waals surface area contributed by atoms with Crippen molar-refractivity contribution in [2.24, 2.45) is 0 Å². The number of hydrogen-bond acceptors (Lipinski definition) is 3. The maximum Gasteiger partial charge on any atom is 0.123 e. The number of rotatable bonds is 1. The third kappa shape index (κ3) is 1.94. The molecule has 0 radical (unpaired) electrons. The summed E-state index contributed by atoms with van der Waals surface area (Å²) >= 11 is 0. The molecule has 0 bridgehead atoms. The first-order chi connectivity index (χ1) is 10.6. The smallest absolute Gasteiger partial charge is 0.123 e. The molecule has 3 aromatic rings. The second-order valence-corrected chi connectivity index (χ2v) is 5.59. The van der Waals surface area contributed by atoms with Crippen LogP contribution in [0.15, 0.2) is 36.4 Å². The molecule has 1 unspecified atom stereocenters. The zero-order valence-corrected chi connectivity index (χ0v) is 11.7. The summed E-state index contributed by atoms with van der Waals surface area (Å²) < 4.78 is 13.5. The van der Waals surface area contributed by atoms with Crippen LogP contribution < -0.4 is 5.32 Å². The van der Waals surface area contributed by atoms with E-state index in [0.29, 0.717) is 5.56 Å². The molecule has 0 amide bonds. The molecule has 0 saturated heterocycles. The Morgan fingerprint density at radius 1 is 1.09 bits per heavy atom. The van der Waals surface area contributed by atoms with Gasteiger partial charge in [0.25, 0.3) is 0 Å². The van der Waals surface area contributed by atoms with Gasteiger partial charge < -0.3 is 20.5 Å². The van der Waals surface area contributed by atoms with Crippen LogP contribution in [0.2, 0.25) is 0 Å². The van der Waals surface area contributed by atoms with Crippen molar-refractivity contribution in [3.8, 4) is 11.5 Å². The van der Waals surface area contributed by atoms with Gasteiger partial charge in [-0.2, -0.15) is 0 Å². The van der Waals surface area contributed by atoms with E-state index in [4.69, 9.17) is 0 Å². The number of phenolic OH excluding ortho intramolecular Hbond substituents is 2. The highest BCUT2D eigenvalue weighted by atomic mass is 19.1. The average molecular weight is 298 g/mol. The molecule has 5 heteroatoms. The summed E-state index contributed by atoms with van der Waals surface area (Å²) in [5, 5.41) is 24.0. The number of benzene rings is 2. The number of aromatic hydroxyl groups is 2. The molecule has 4 N–H and O–H groups in total. The third-order valence-corrected chi connectivity index (χ3v) is 4.24. The summed E-state index contributed by atoms with van der Waals surface area (Å²) in [4.78, 5) is 3.32. The Labute approximate surface area is 126 Å². The Kier molecular flexibility index (Phi) is 2.84. The number of aromatic amines is 1. The fourth-order valence-electron chi connectivity index (χ4n) is 3.24. The molecule has 4 rings (SSSR count). The van der Waals surface area contributed by atoms with Gasteiger partial charge in [0.1, 0.15) is 17.3 Å². The van der Waals surface area contributed by atoms with Crippen LogP contribution in [0.3, 0.4) is 0 Å². The van der Waals surface area contributed by atoms with Crippen molar-refractivity contribution in [1.29, 1.82) is 0 Å². The van der Waals surface area contributed by atoms with E-state index in [1.165, 1.54) is 24.3 Å². The highest BCUT2D eigenvalue weighted by Gasteiger charge is 2.27. The second kappa shape index (κ2) is 4.74. The Morgan fingerprint density at radius 3 is 2.82 bits per heavy atom. The van der Waals surface area contributed by atoms with Gasteiger partial charge in [0, 0.05) is 28.7 Å². The van der Waals surface area contributed by atoms with E-state index in [9.17, 15) is 14.6 Å². The molecule has 22 heavy (non-hydrogen) atoms. The van der Waals surface area contributed by atoms with Gasteiger partial charge in [-0.25, -0.2) is 4.39 Å². The number of nitrogens with one attached hydrogen (secondary N) is 2. The van der Waals surface area contributed by atoms with Crippen LogP contribution in [0.25, 0.3) is 10.9 Å². The Morgan fingerprint density at radius 2 is 1.95 bits per heavy atom. The average Bonchev–Trinajstić information content (AvgIpc) is 2.88. The van der Waals surface area contributed by atoms with Crippen LogP contribution in [0.5, 0.6) is 11.5 Å². The highest BCUT2D eigenvalue weighted by Crippen LogP contribution is 2.37. The lowest BCUT2D eigenvalue weighted by Gasteiger charge is -2.25. The summed E-state index contributed by atoms with van der Waals surface area (Å²) in [6, 6.07) is 8.91. The molecule has 1 atom stereocenters. The predicted molar refractivity (Wildman–Crippen MR) is 81.6 cm³/mol. The molecule has 0 spiro atoms. The van der Waals surface area contributed by atoms with Gasteiger partial charge in [-0.05, 0) is 48.4 Å². The SMILES string of the molecule is Oc1ccc(O)c(C2NCCc3c2[nH]c2ccc(F)cc32)c1. The standard InChI is InChI=1S/C17H15FN2O2/c18-9-1-3-14-12(7-9)11-5-6-19-16(17(11)20-14)13-8-10(21)2-4-15(13)22/h1-4,7-8,16,19-22H,5-6H2. The molecule has 112 valence electrons. The fraction of sp³-hybridized carbons (Fsp3) is 0.176. The first kappa shape index (κ1) is 13.2. The normalized spacial score (nSPS) is 17.6. The minimum absolute atomic E-state index is 0.101. The van der Waals surface area contributed by atoms with E-state index >= 15 is 0 Å². The molecule has 4 nitrogen and oxygen atoms in total. The van der Waals surface area contributed by atoms with Gasteiger partial charge in [-0.3, -0.25) is 0 Å². The largest absolute Gasteiger partial charge is 0.508 e. The summed E-state index contributed by atoms with van der Waals surface area (Å²) in [6.07, 6.45) is 0.787. The molecular formula is C17H15FN2O2. The van der Waals surface area contributed by atoms with Crippen molar-refractivity contribution in [1.82, 2.24) is 10.3 Å². The van der Waals surface area contributed by atoms with Crippen molar-refractivity contribution < 1.29 is 14.6 Å². The lowest BCUT2D eigenvalue weighted by Crippen LogP contribution is -2.30. The molecule has 1 aromatic heterocycles.